The van der Waals surface area contributed by atoms with Gasteiger partial charge < -0.3 is 14.8 Å². The summed E-state index contributed by atoms with van der Waals surface area (Å²) >= 11 is 0. The average molecular weight is 404 g/mol. The Morgan fingerprint density at radius 2 is 1.97 bits per heavy atom. The minimum absolute atomic E-state index is 0.0365. The largest absolute Gasteiger partial charge is 0.493 e. The van der Waals surface area contributed by atoms with Gasteiger partial charge in [-0.2, -0.15) is 13.2 Å². The second-order valence-electron chi connectivity index (χ2n) is 5.84. The highest BCUT2D eigenvalue weighted by Crippen LogP contribution is 2.26. The fourth-order valence-corrected chi connectivity index (χ4v) is 2.52. The van der Waals surface area contributed by atoms with Gasteiger partial charge in [0.15, 0.2) is 5.70 Å². The van der Waals surface area contributed by atoms with Crippen LogP contribution in [0.2, 0.25) is 0 Å². The highest BCUT2D eigenvalue weighted by atomic mass is 19.4. The highest BCUT2D eigenvalue weighted by molar-refractivity contribution is 6.13. The number of nitrogens with zero attached hydrogens (tertiary/aromatic N) is 1. The lowest BCUT2D eigenvalue weighted by molar-refractivity contribution is -0.167. The molecule has 0 atom stereocenters. The lowest BCUT2D eigenvalue weighted by Gasteiger charge is -2.08. The quantitative estimate of drug-likeness (QED) is 0.605. The van der Waals surface area contributed by atoms with Gasteiger partial charge in [0.2, 0.25) is 5.90 Å². The Balaban J connectivity index is 1.87. The number of carbonyl (C=O) groups excluding carboxylic acids is 2. The predicted octanol–water partition coefficient (Wildman–Crippen LogP) is 3.93. The number of ether oxygens (including phenoxy) is 2. The number of alkyl halides is 3. The van der Waals surface area contributed by atoms with Crippen LogP contribution < -0.4 is 10.1 Å². The molecule has 1 N–H and O–H groups in total. The Kier molecular flexibility index (Phi) is 5.67. The lowest BCUT2D eigenvalue weighted by atomic mass is 10.1. The molecule has 0 aliphatic carbocycles. The number of hydrogen-bond donors (Lipinski definition) is 1. The van der Waals surface area contributed by atoms with Crippen molar-refractivity contribution in [2.24, 2.45) is 4.99 Å². The summed E-state index contributed by atoms with van der Waals surface area (Å²) in [5, 5.41) is 1.75. The summed E-state index contributed by atoms with van der Waals surface area (Å²) in [6.07, 6.45) is -3.65. The number of hydrogen-bond acceptors (Lipinski definition) is 5. The summed E-state index contributed by atoms with van der Waals surface area (Å²) in [6, 6.07) is 12.5. The normalized spacial score (nSPS) is 15.1. The average Bonchev–Trinajstić information content (AvgIpc) is 3.02. The molecule has 0 aromatic heterocycles. The van der Waals surface area contributed by atoms with Gasteiger partial charge in [-0.15, -0.1) is 0 Å². The molecule has 0 radical (unpaired) electrons. The van der Waals surface area contributed by atoms with Crippen LogP contribution in [0.1, 0.15) is 18.1 Å². The Morgan fingerprint density at radius 3 is 2.69 bits per heavy atom. The Labute approximate surface area is 163 Å². The summed E-state index contributed by atoms with van der Waals surface area (Å²) in [6.45, 7) is 2.23. The third-order valence-corrected chi connectivity index (χ3v) is 3.74. The van der Waals surface area contributed by atoms with Crippen molar-refractivity contribution in [3.8, 4) is 5.75 Å². The first-order chi connectivity index (χ1) is 13.8. The molecule has 2 aromatic rings. The van der Waals surface area contributed by atoms with E-state index in [9.17, 15) is 22.8 Å². The first kappa shape index (κ1) is 20.1. The number of halogens is 3. The molecule has 1 heterocycles. The molecule has 29 heavy (non-hydrogen) atoms. The number of anilines is 1. The predicted molar refractivity (Wildman–Crippen MR) is 99.3 cm³/mol. The van der Waals surface area contributed by atoms with Crippen molar-refractivity contribution in [3.05, 3.63) is 65.4 Å². The molecule has 3 rings (SSSR count). The number of nitrogens with one attached hydrogen (secondary N) is 1. The molecule has 0 saturated carbocycles. The molecule has 1 amide bonds. The molecule has 2 aromatic carbocycles. The third kappa shape index (κ3) is 4.81. The second-order valence-corrected chi connectivity index (χ2v) is 5.84. The summed E-state index contributed by atoms with van der Waals surface area (Å²) < 4.78 is 47.9. The van der Waals surface area contributed by atoms with E-state index in [-0.39, 0.29) is 17.3 Å². The van der Waals surface area contributed by atoms with Gasteiger partial charge in [0.05, 0.1) is 12.2 Å². The van der Waals surface area contributed by atoms with Gasteiger partial charge in [0.25, 0.3) is 0 Å². The van der Waals surface area contributed by atoms with Crippen LogP contribution >= 0.6 is 0 Å². The van der Waals surface area contributed by atoms with Crippen molar-refractivity contribution in [3.63, 3.8) is 0 Å². The van der Waals surface area contributed by atoms with Gasteiger partial charge in [-0.3, -0.25) is 4.79 Å². The second kappa shape index (κ2) is 8.17. The maximum atomic E-state index is 12.4. The monoisotopic (exact) mass is 404 g/mol. The van der Waals surface area contributed by atoms with E-state index in [4.69, 9.17) is 9.47 Å². The first-order valence-corrected chi connectivity index (χ1v) is 8.51. The Morgan fingerprint density at radius 1 is 1.21 bits per heavy atom. The molecule has 1 aliphatic heterocycles. The zero-order valence-corrected chi connectivity index (χ0v) is 15.1. The Bertz CT molecular complexity index is 1010. The van der Waals surface area contributed by atoms with Crippen LogP contribution in [0.3, 0.4) is 0 Å². The molecule has 0 fully saturated rings. The standard InChI is InChI=1S/C20H15F3N2O4/c1-2-28-16-9-4-3-8-14(16)17-25-15(18(26)29-17)11-12-6-5-7-13(10-12)24-19(27)20(21,22)23/h3-11H,2H2,1H3,(H,24,27)/b15-11-. The van der Waals surface area contributed by atoms with Gasteiger partial charge in [-0.25, -0.2) is 9.79 Å². The number of aliphatic imine (C=N–C) groups is 1. The number of para-hydroxylation sites is 1. The highest BCUT2D eigenvalue weighted by Gasteiger charge is 2.38. The van der Waals surface area contributed by atoms with Gasteiger partial charge >= 0.3 is 18.1 Å². The number of esters is 1. The summed E-state index contributed by atoms with van der Waals surface area (Å²) in [5.74, 6) is -2.24. The lowest BCUT2D eigenvalue weighted by Crippen LogP contribution is -2.29. The van der Waals surface area contributed by atoms with Crippen LogP contribution in [-0.2, 0) is 14.3 Å². The number of carbonyl (C=O) groups is 2. The number of rotatable bonds is 5. The van der Waals surface area contributed by atoms with E-state index < -0.39 is 18.1 Å². The molecule has 150 valence electrons. The maximum absolute atomic E-state index is 12.4. The zero-order chi connectivity index (χ0) is 21.0. The van der Waals surface area contributed by atoms with Crippen molar-refractivity contribution >= 4 is 29.5 Å². The molecule has 0 unspecified atom stereocenters. The minimum Gasteiger partial charge on any atom is -0.493 e. The fourth-order valence-electron chi connectivity index (χ4n) is 2.52. The molecule has 9 heteroatoms. The number of amides is 1. The molecule has 1 aliphatic rings. The van der Waals surface area contributed by atoms with E-state index >= 15 is 0 Å². The molecule has 0 bridgehead atoms. The van der Waals surface area contributed by atoms with Gasteiger partial charge in [0.1, 0.15) is 5.75 Å². The van der Waals surface area contributed by atoms with E-state index in [1.807, 2.05) is 6.92 Å². The fraction of sp³-hybridized carbons (Fsp3) is 0.150. The minimum atomic E-state index is -5.00. The molecule has 6 nitrogen and oxygen atoms in total. The van der Waals surface area contributed by atoms with Crippen LogP contribution in [-0.4, -0.2) is 30.6 Å². The molecule has 0 spiro atoms. The van der Waals surface area contributed by atoms with Crippen LogP contribution in [0, 0.1) is 0 Å². The first-order valence-electron chi connectivity index (χ1n) is 8.51. The van der Waals surface area contributed by atoms with E-state index in [0.29, 0.717) is 23.5 Å². The number of cyclic esters (lactones) is 1. The van der Waals surface area contributed by atoms with Crippen LogP contribution in [0.5, 0.6) is 5.75 Å². The van der Waals surface area contributed by atoms with E-state index in [1.54, 1.807) is 35.6 Å². The SMILES string of the molecule is CCOc1ccccc1C1=N/C(=C\c2cccc(NC(=O)C(F)(F)F)c2)C(=O)O1. The van der Waals surface area contributed by atoms with E-state index in [0.717, 1.165) is 0 Å². The summed E-state index contributed by atoms with van der Waals surface area (Å²) in [4.78, 5) is 27.4. The summed E-state index contributed by atoms with van der Waals surface area (Å²) in [5.41, 5.74) is 0.752. The zero-order valence-electron chi connectivity index (χ0n) is 15.1. The molecular formula is C20H15F3N2O4. The van der Waals surface area contributed by atoms with Crippen LogP contribution in [0.15, 0.2) is 59.2 Å². The topological polar surface area (TPSA) is 77.0 Å². The third-order valence-electron chi connectivity index (χ3n) is 3.74. The maximum Gasteiger partial charge on any atom is 0.471 e. The van der Waals surface area contributed by atoms with Crippen LogP contribution in [0.4, 0.5) is 18.9 Å². The molecular weight excluding hydrogens is 389 g/mol. The Hall–Kier alpha value is -3.62. The van der Waals surface area contributed by atoms with E-state index in [1.165, 1.54) is 24.3 Å². The smallest absolute Gasteiger partial charge is 0.471 e. The molecule has 0 saturated heterocycles. The van der Waals surface area contributed by atoms with Crippen molar-refractivity contribution in [1.29, 1.82) is 0 Å². The van der Waals surface area contributed by atoms with Crippen LogP contribution in [0.25, 0.3) is 6.08 Å². The van der Waals surface area contributed by atoms with Crippen molar-refractivity contribution in [2.45, 2.75) is 13.1 Å². The van der Waals surface area contributed by atoms with Crippen molar-refractivity contribution in [1.82, 2.24) is 0 Å². The summed E-state index contributed by atoms with van der Waals surface area (Å²) in [7, 11) is 0. The number of benzene rings is 2. The van der Waals surface area contributed by atoms with Gasteiger partial charge in [0, 0.05) is 5.69 Å². The van der Waals surface area contributed by atoms with Crippen molar-refractivity contribution < 1.29 is 32.2 Å². The van der Waals surface area contributed by atoms with E-state index in [2.05, 4.69) is 4.99 Å². The van der Waals surface area contributed by atoms with Crippen molar-refractivity contribution in [2.75, 3.05) is 11.9 Å². The van der Waals surface area contributed by atoms with Gasteiger partial charge in [-0.1, -0.05) is 24.3 Å². The van der Waals surface area contributed by atoms with Gasteiger partial charge in [-0.05, 0) is 42.8 Å².